The second-order valence-corrected chi connectivity index (χ2v) is 17.7. The number of fused-ring (bicyclic) bond motifs is 4. The van der Waals surface area contributed by atoms with Gasteiger partial charge in [-0.3, -0.25) is 0 Å². The monoisotopic (exact) mass is 987 g/mol. The Kier molecular flexibility index (Phi) is 10.6. The molecule has 6 nitrogen and oxygen atoms in total. The van der Waals surface area contributed by atoms with Crippen molar-refractivity contribution in [2.45, 2.75) is 52.4 Å². The number of ether oxygens (including phenoxy) is 1. The smallest absolute Gasteiger partial charge is 0.135 e. The number of hydrogen-bond acceptors (Lipinski definition) is 5. The van der Waals surface area contributed by atoms with Crippen LogP contribution < -0.4 is 14.5 Å². The number of nitrogens with zero attached hydrogens (tertiary/aromatic N) is 5. The number of anilines is 4. The van der Waals surface area contributed by atoms with Crippen molar-refractivity contribution >= 4 is 44.7 Å². The summed E-state index contributed by atoms with van der Waals surface area (Å²) in [6.07, 6.45) is 3.74. The molecule has 0 aliphatic carbocycles. The Morgan fingerprint density at radius 3 is 1.90 bits per heavy atom. The third kappa shape index (κ3) is 7.47. The first-order chi connectivity index (χ1) is 29.5. The van der Waals surface area contributed by atoms with Crippen molar-refractivity contribution in [2.24, 2.45) is 0 Å². The molecular formula is C55H46N5OPt-3. The molecule has 6 aromatic carbocycles. The van der Waals surface area contributed by atoms with Crippen molar-refractivity contribution < 1.29 is 25.8 Å². The number of rotatable bonds is 7. The molecular weight excluding hydrogens is 942 g/mol. The number of hydrogen-bond donors (Lipinski definition) is 0. The van der Waals surface area contributed by atoms with Crippen LogP contribution >= 0.6 is 0 Å². The van der Waals surface area contributed by atoms with E-state index in [2.05, 4.69) is 196 Å². The van der Waals surface area contributed by atoms with E-state index in [4.69, 9.17) is 14.7 Å². The maximum Gasteiger partial charge on any atom is 0.135 e. The maximum absolute atomic E-state index is 6.63. The van der Waals surface area contributed by atoms with E-state index in [1.165, 1.54) is 11.1 Å². The minimum atomic E-state index is -0.0754. The first-order valence-corrected chi connectivity index (χ1v) is 20.8. The topological polar surface area (TPSA) is 46.4 Å². The van der Waals surface area contributed by atoms with Gasteiger partial charge in [0.25, 0.3) is 0 Å². The van der Waals surface area contributed by atoms with Crippen LogP contribution in [-0.2, 0) is 31.9 Å². The van der Waals surface area contributed by atoms with Gasteiger partial charge in [-0.1, -0.05) is 132 Å². The molecule has 0 N–H and O–H groups in total. The Labute approximate surface area is 378 Å². The van der Waals surface area contributed by atoms with Crippen LogP contribution in [0, 0.1) is 18.8 Å². The first kappa shape index (κ1) is 40.9. The fourth-order valence-electron chi connectivity index (χ4n) is 8.29. The van der Waals surface area contributed by atoms with Crippen LogP contribution in [0.1, 0.15) is 52.7 Å². The first-order valence-electron chi connectivity index (χ1n) is 20.8. The number of pyridine rings is 2. The number of aromatic nitrogens is 3. The molecule has 9 aromatic rings. The van der Waals surface area contributed by atoms with Gasteiger partial charge in [-0.05, 0) is 80.9 Å². The summed E-state index contributed by atoms with van der Waals surface area (Å²) < 4.78 is 8.82. The third-order valence-electron chi connectivity index (χ3n) is 11.5. The molecule has 4 heterocycles. The van der Waals surface area contributed by atoms with Crippen molar-refractivity contribution in [1.29, 1.82) is 0 Å². The van der Waals surface area contributed by atoms with Crippen molar-refractivity contribution in [1.82, 2.24) is 14.5 Å². The molecule has 0 bridgehead atoms. The Morgan fingerprint density at radius 2 is 1.21 bits per heavy atom. The Balaban J connectivity index is 0.00000490. The zero-order valence-electron chi connectivity index (χ0n) is 35.6. The Bertz CT molecular complexity index is 3010. The fraction of sp³-hybridized carbons (Fsp3) is 0.145. The summed E-state index contributed by atoms with van der Waals surface area (Å²) in [5, 5.41) is 2.22. The quantitative estimate of drug-likeness (QED) is 0.149. The van der Waals surface area contributed by atoms with Crippen molar-refractivity contribution in [3.63, 3.8) is 0 Å². The summed E-state index contributed by atoms with van der Waals surface area (Å²) in [6, 6.07) is 60.2. The molecule has 3 aromatic heterocycles. The van der Waals surface area contributed by atoms with Crippen LogP contribution in [0.4, 0.5) is 22.9 Å². The second-order valence-electron chi connectivity index (χ2n) is 17.7. The molecule has 0 fully saturated rings. The van der Waals surface area contributed by atoms with Crippen molar-refractivity contribution in [2.75, 3.05) is 9.80 Å². The molecule has 0 unspecified atom stereocenters. The van der Waals surface area contributed by atoms with Crippen molar-refractivity contribution in [3.05, 3.63) is 194 Å². The van der Waals surface area contributed by atoms with E-state index in [1.54, 1.807) is 0 Å². The number of benzene rings is 6. The molecule has 310 valence electrons. The molecule has 7 heteroatoms. The second kappa shape index (κ2) is 16.1. The number of para-hydroxylation sites is 1. The summed E-state index contributed by atoms with van der Waals surface area (Å²) >= 11 is 0. The van der Waals surface area contributed by atoms with E-state index < -0.39 is 0 Å². The van der Waals surface area contributed by atoms with Gasteiger partial charge in [-0.25, -0.2) is 9.97 Å². The Morgan fingerprint density at radius 1 is 0.548 bits per heavy atom. The van der Waals surface area contributed by atoms with Crippen LogP contribution in [0.5, 0.6) is 11.5 Å². The predicted octanol–water partition coefficient (Wildman–Crippen LogP) is 14.3. The minimum absolute atomic E-state index is 0. The summed E-state index contributed by atoms with van der Waals surface area (Å²) in [4.78, 5) is 14.2. The van der Waals surface area contributed by atoms with Crippen molar-refractivity contribution in [3.8, 4) is 39.6 Å². The van der Waals surface area contributed by atoms with Crippen LogP contribution in [0.3, 0.4) is 0 Å². The standard InChI is InChI=1S/C55H46N5O.Pt/c1-54(2,3)39-28-30-56-51(33-39)60-48-24-14-13-23-44(48)45-27-26-43(35-50(45)60)61-42-22-15-21-41(34-42)58-36-59(49-25-16-29-57-53(49)58)52-46(37-17-9-7-10-18-37)31-40(55(4,5)6)32-47(52)38-19-11-8-12-20-38;/h7-33,36H,1-6H3;/q-3;. The average molecular weight is 988 g/mol. The predicted molar refractivity (Wildman–Crippen MR) is 250 cm³/mol. The van der Waals surface area contributed by atoms with Gasteiger partial charge in [-0.15, -0.1) is 42.4 Å². The molecule has 1 aliphatic heterocycles. The van der Waals surface area contributed by atoms with E-state index in [-0.39, 0.29) is 31.9 Å². The van der Waals surface area contributed by atoms with Crippen LogP contribution in [0.15, 0.2) is 164 Å². The SMILES string of the molecule is CC(C)(C)c1ccnc(-n2c3[c-]c(Oc4[c-]c(N5[CH-]N(c6c(-c7ccccc7)cc(C(C)(C)C)cc6-c6ccccc6)c6cccnc65)ccc4)ccc3c3ccccc32)c1.[Pt]. The zero-order chi connectivity index (χ0) is 41.9. The largest absolute Gasteiger partial charge is 0.509 e. The van der Waals surface area contributed by atoms with E-state index in [1.807, 2.05) is 42.7 Å². The molecule has 0 radical (unpaired) electrons. The van der Waals surface area contributed by atoms with Gasteiger partial charge in [-0.2, -0.15) is 12.1 Å². The zero-order valence-corrected chi connectivity index (χ0v) is 37.9. The molecule has 0 amide bonds. The van der Waals surface area contributed by atoms with Gasteiger partial charge in [0.15, 0.2) is 0 Å². The summed E-state index contributed by atoms with van der Waals surface area (Å²) in [6.45, 7) is 15.6. The third-order valence-corrected chi connectivity index (χ3v) is 11.5. The molecule has 0 spiro atoms. The molecule has 0 saturated carbocycles. The van der Waals surface area contributed by atoms with Gasteiger partial charge in [0.05, 0.1) is 5.69 Å². The van der Waals surface area contributed by atoms with E-state index >= 15 is 0 Å². The van der Waals surface area contributed by atoms with Gasteiger partial charge < -0.3 is 19.1 Å². The maximum atomic E-state index is 6.63. The molecule has 10 rings (SSSR count). The average Bonchev–Trinajstić information content (AvgIpc) is 3.82. The minimum Gasteiger partial charge on any atom is -0.509 e. The van der Waals surface area contributed by atoms with Crippen LogP contribution in [-0.4, -0.2) is 14.5 Å². The van der Waals surface area contributed by atoms with Crippen LogP contribution in [0.2, 0.25) is 0 Å². The fourth-order valence-corrected chi connectivity index (χ4v) is 8.29. The van der Waals surface area contributed by atoms with E-state index in [9.17, 15) is 0 Å². The normalized spacial score (nSPS) is 12.7. The van der Waals surface area contributed by atoms with Crippen LogP contribution in [0.25, 0.3) is 49.9 Å². The Hall–Kier alpha value is -6.49. The molecule has 62 heavy (non-hydrogen) atoms. The summed E-state index contributed by atoms with van der Waals surface area (Å²) in [7, 11) is 0. The van der Waals surface area contributed by atoms with Gasteiger partial charge >= 0.3 is 0 Å². The summed E-state index contributed by atoms with van der Waals surface area (Å²) in [5.41, 5.74) is 11.8. The van der Waals surface area contributed by atoms with E-state index in [0.717, 1.165) is 72.8 Å². The van der Waals surface area contributed by atoms with E-state index in [0.29, 0.717) is 11.5 Å². The molecule has 0 saturated heterocycles. The van der Waals surface area contributed by atoms with Gasteiger partial charge in [0, 0.05) is 67.3 Å². The summed E-state index contributed by atoms with van der Waals surface area (Å²) in [5.74, 6) is 2.80. The van der Waals surface area contributed by atoms with Gasteiger partial charge in [0.1, 0.15) is 11.6 Å². The molecule has 1 aliphatic rings. The molecule has 0 atom stereocenters. The van der Waals surface area contributed by atoms with Gasteiger partial charge in [0.2, 0.25) is 0 Å².